The van der Waals surface area contributed by atoms with Crippen LogP contribution in [0.25, 0.3) is 0 Å². The molecule has 3 N–H and O–H groups in total. The van der Waals surface area contributed by atoms with Crippen molar-refractivity contribution in [3.05, 3.63) is 10.6 Å². The van der Waals surface area contributed by atoms with Crippen LogP contribution in [-0.2, 0) is 17.6 Å². The van der Waals surface area contributed by atoms with Gasteiger partial charge in [-0.05, 0) is 38.5 Å². The van der Waals surface area contributed by atoms with Crippen molar-refractivity contribution in [1.29, 1.82) is 0 Å². The van der Waals surface area contributed by atoms with E-state index < -0.39 is 0 Å². The lowest BCUT2D eigenvalue weighted by Gasteiger charge is -2.27. The van der Waals surface area contributed by atoms with Gasteiger partial charge >= 0.3 is 0 Å². The number of rotatable bonds is 5. The first-order valence-corrected chi connectivity index (χ1v) is 8.67. The van der Waals surface area contributed by atoms with Gasteiger partial charge in [0.05, 0.1) is 18.8 Å². The molecule has 1 saturated carbocycles. The largest absolute Gasteiger partial charge is 0.394 e. The average molecular weight is 309 g/mol. The number of hydrogen-bond donors (Lipinski definition) is 3. The fourth-order valence-corrected chi connectivity index (χ4v) is 4.35. The molecule has 3 rings (SSSR count). The normalized spacial score (nSPS) is 20.2. The maximum atomic E-state index is 12.1. The Morgan fingerprint density at radius 2 is 2.00 bits per heavy atom. The third kappa shape index (κ3) is 3.44. The standard InChI is InChI=1S/C15H23N3O2S/c19-10-15(7-3-4-8-15)16-9-13(20)18-14-17-11-5-1-2-6-12(11)21-14/h16,19H,1-10H2,(H,17,18,20). The summed E-state index contributed by atoms with van der Waals surface area (Å²) in [5.74, 6) is -0.0687. The Labute approximate surface area is 129 Å². The monoisotopic (exact) mass is 309 g/mol. The van der Waals surface area contributed by atoms with E-state index in [4.69, 9.17) is 0 Å². The molecule has 1 aromatic heterocycles. The fourth-order valence-electron chi connectivity index (χ4n) is 3.28. The van der Waals surface area contributed by atoms with Crippen molar-refractivity contribution in [2.24, 2.45) is 0 Å². The Balaban J connectivity index is 1.53. The first kappa shape index (κ1) is 14.9. The molecule has 1 aromatic rings. The SMILES string of the molecule is O=C(CNC1(CO)CCCC1)Nc1nc2c(s1)CCCC2. The van der Waals surface area contributed by atoms with Crippen LogP contribution in [-0.4, -0.2) is 34.7 Å². The van der Waals surface area contributed by atoms with Gasteiger partial charge in [-0.25, -0.2) is 4.98 Å². The number of aromatic nitrogens is 1. The summed E-state index contributed by atoms with van der Waals surface area (Å²) >= 11 is 1.61. The Hall–Kier alpha value is -0.980. The summed E-state index contributed by atoms with van der Waals surface area (Å²) in [4.78, 5) is 17.9. The summed E-state index contributed by atoms with van der Waals surface area (Å²) in [6.07, 6.45) is 8.68. The number of amides is 1. The number of aliphatic hydroxyl groups is 1. The third-order valence-electron chi connectivity index (χ3n) is 4.58. The number of aliphatic hydroxyl groups excluding tert-OH is 1. The van der Waals surface area contributed by atoms with E-state index >= 15 is 0 Å². The number of fused-ring (bicyclic) bond motifs is 1. The number of nitrogens with zero attached hydrogens (tertiary/aromatic N) is 1. The van der Waals surface area contributed by atoms with E-state index in [0.29, 0.717) is 0 Å². The number of aryl methyl sites for hydroxylation is 2. The molecule has 0 bridgehead atoms. The lowest BCUT2D eigenvalue weighted by atomic mass is 9.99. The molecule has 1 heterocycles. The second-order valence-corrected chi connectivity index (χ2v) is 7.23. The van der Waals surface area contributed by atoms with Crippen LogP contribution in [0.5, 0.6) is 0 Å². The van der Waals surface area contributed by atoms with E-state index in [1.54, 1.807) is 11.3 Å². The van der Waals surface area contributed by atoms with E-state index in [2.05, 4.69) is 15.6 Å². The molecule has 6 heteroatoms. The van der Waals surface area contributed by atoms with E-state index in [-0.39, 0.29) is 24.6 Å². The molecule has 0 saturated heterocycles. The van der Waals surface area contributed by atoms with Crippen LogP contribution >= 0.6 is 11.3 Å². The van der Waals surface area contributed by atoms with E-state index in [0.717, 1.165) is 49.4 Å². The van der Waals surface area contributed by atoms with Crippen LogP contribution in [0.3, 0.4) is 0 Å². The van der Waals surface area contributed by atoms with Crippen LogP contribution in [0.4, 0.5) is 5.13 Å². The number of carbonyl (C=O) groups is 1. The molecule has 0 radical (unpaired) electrons. The molecule has 5 nitrogen and oxygen atoms in total. The second kappa shape index (κ2) is 6.42. The molecule has 0 aromatic carbocycles. The molecule has 0 atom stereocenters. The van der Waals surface area contributed by atoms with Gasteiger partial charge in [0.15, 0.2) is 5.13 Å². The van der Waals surface area contributed by atoms with Gasteiger partial charge in [0.1, 0.15) is 0 Å². The van der Waals surface area contributed by atoms with Gasteiger partial charge in [-0.2, -0.15) is 0 Å². The molecule has 21 heavy (non-hydrogen) atoms. The topological polar surface area (TPSA) is 74.2 Å². The minimum atomic E-state index is -0.251. The summed E-state index contributed by atoms with van der Waals surface area (Å²) < 4.78 is 0. The quantitative estimate of drug-likeness (QED) is 0.776. The zero-order chi connectivity index (χ0) is 14.7. The molecule has 1 amide bonds. The summed E-state index contributed by atoms with van der Waals surface area (Å²) in [7, 11) is 0. The highest BCUT2D eigenvalue weighted by Gasteiger charge is 2.33. The number of hydrogen-bond acceptors (Lipinski definition) is 5. The summed E-state index contributed by atoms with van der Waals surface area (Å²) in [5.41, 5.74) is 0.913. The second-order valence-electron chi connectivity index (χ2n) is 6.14. The summed E-state index contributed by atoms with van der Waals surface area (Å²) in [6.45, 7) is 0.344. The summed E-state index contributed by atoms with van der Waals surface area (Å²) in [6, 6.07) is 0. The molecule has 0 spiro atoms. The maximum absolute atomic E-state index is 12.1. The molecule has 0 unspecified atom stereocenters. The molecule has 0 aliphatic heterocycles. The van der Waals surface area contributed by atoms with Crippen molar-refractivity contribution in [3.63, 3.8) is 0 Å². The highest BCUT2D eigenvalue weighted by atomic mass is 32.1. The lowest BCUT2D eigenvalue weighted by molar-refractivity contribution is -0.115. The van der Waals surface area contributed by atoms with E-state index in [1.165, 1.54) is 17.7 Å². The van der Waals surface area contributed by atoms with Crippen molar-refractivity contribution in [1.82, 2.24) is 10.3 Å². The van der Waals surface area contributed by atoms with Crippen LogP contribution in [0, 0.1) is 0 Å². The fraction of sp³-hybridized carbons (Fsp3) is 0.733. The minimum absolute atomic E-state index is 0.0687. The van der Waals surface area contributed by atoms with Gasteiger partial charge in [0.2, 0.25) is 5.91 Å². The average Bonchev–Trinajstić information content (AvgIpc) is 3.12. The van der Waals surface area contributed by atoms with E-state index in [1.807, 2.05) is 0 Å². The van der Waals surface area contributed by atoms with Crippen molar-refractivity contribution < 1.29 is 9.90 Å². The number of anilines is 1. The minimum Gasteiger partial charge on any atom is -0.394 e. The van der Waals surface area contributed by atoms with Crippen molar-refractivity contribution in [3.8, 4) is 0 Å². The first-order chi connectivity index (χ1) is 10.2. The van der Waals surface area contributed by atoms with Gasteiger partial charge in [-0.1, -0.05) is 12.8 Å². The maximum Gasteiger partial charge on any atom is 0.240 e. The molecule has 2 aliphatic carbocycles. The molecular weight excluding hydrogens is 286 g/mol. The van der Waals surface area contributed by atoms with Gasteiger partial charge in [-0.3, -0.25) is 4.79 Å². The smallest absolute Gasteiger partial charge is 0.240 e. The molecule has 1 fully saturated rings. The zero-order valence-electron chi connectivity index (χ0n) is 12.3. The number of nitrogens with one attached hydrogen (secondary N) is 2. The van der Waals surface area contributed by atoms with Gasteiger partial charge in [0.25, 0.3) is 0 Å². The van der Waals surface area contributed by atoms with Crippen molar-refractivity contribution in [2.75, 3.05) is 18.5 Å². The highest BCUT2D eigenvalue weighted by molar-refractivity contribution is 7.15. The molecular formula is C15H23N3O2S. The molecule has 2 aliphatic rings. The summed E-state index contributed by atoms with van der Waals surface area (Å²) in [5, 5.41) is 16.4. The van der Waals surface area contributed by atoms with Crippen molar-refractivity contribution >= 4 is 22.4 Å². The van der Waals surface area contributed by atoms with Crippen molar-refractivity contribution in [2.45, 2.75) is 56.9 Å². The van der Waals surface area contributed by atoms with E-state index in [9.17, 15) is 9.90 Å². The third-order valence-corrected chi connectivity index (χ3v) is 5.65. The number of carbonyl (C=O) groups excluding carboxylic acids is 1. The lowest BCUT2D eigenvalue weighted by Crippen LogP contribution is -2.49. The predicted octanol–water partition coefficient (Wildman–Crippen LogP) is 1.86. The Morgan fingerprint density at radius 1 is 1.24 bits per heavy atom. The predicted molar refractivity (Wildman–Crippen MR) is 83.7 cm³/mol. The first-order valence-electron chi connectivity index (χ1n) is 7.85. The van der Waals surface area contributed by atoms with Gasteiger partial charge in [0, 0.05) is 10.4 Å². The van der Waals surface area contributed by atoms with Gasteiger partial charge in [-0.15, -0.1) is 11.3 Å². The highest BCUT2D eigenvalue weighted by Crippen LogP contribution is 2.30. The molecule has 116 valence electrons. The Bertz CT molecular complexity index is 486. The Morgan fingerprint density at radius 3 is 2.71 bits per heavy atom. The van der Waals surface area contributed by atoms with Crippen LogP contribution in [0.1, 0.15) is 49.1 Å². The Kier molecular flexibility index (Phi) is 4.57. The zero-order valence-corrected chi connectivity index (χ0v) is 13.1. The van der Waals surface area contributed by atoms with Crippen LogP contribution < -0.4 is 10.6 Å². The van der Waals surface area contributed by atoms with Gasteiger partial charge < -0.3 is 15.7 Å². The number of thiazole rings is 1. The van der Waals surface area contributed by atoms with Crippen LogP contribution in [0.2, 0.25) is 0 Å². The van der Waals surface area contributed by atoms with Crippen LogP contribution in [0.15, 0.2) is 0 Å².